The summed E-state index contributed by atoms with van der Waals surface area (Å²) in [6, 6.07) is 2.16. The number of hydrogen-bond donors (Lipinski definition) is 2. The van der Waals surface area contributed by atoms with Gasteiger partial charge in [0, 0.05) is 12.6 Å². The Bertz CT molecular complexity index is 524. The summed E-state index contributed by atoms with van der Waals surface area (Å²) >= 11 is 0. The van der Waals surface area contributed by atoms with E-state index in [1.54, 1.807) is 0 Å². The third-order valence-electron chi connectivity index (χ3n) is 3.80. The van der Waals surface area contributed by atoms with Crippen molar-refractivity contribution in [3.05, 3.63) is 28.1 Å². The van der Waals surface area contributed by atoms with Crippen LogP contribution < -0.4 is 10.1 Å². The summed E-state index contributed by atoms with van der Waals surface area (Å²) in [5.74, 6) is -0.388. The number of benzene rings is 1. The van der Waals surface area contributed by atoms with E-state index < -0.39 is 16.4 Å². The van der Waals surface area contributed by atoms with Crippen molar-refractivity contribution in [1.82, 2.24) is 0 Å². The fourth-order valence-electron chi connectivity index (χ4n) is 2.69. The number of ether oxygens (including phenoxy) is 1. The van der Waals surface area contributed by atoms with Gasteiger partial charge >= 0.3 is 5.69 Å². The van der Waals surface area contributed by atoms with Crippen LogP contribution in [-0.2, 0) is 0 Å². The number of nitrogens with one attached hydrogen (secondary N) is 1. The van der Waals surface area contributed by atoms with Gasteiger partial charge < -0.3 is 15.2 Å². The van der Waals surface area contributed by atoms with Crippen LogP contribution in [0.4, 0.5) is 15.8 Å². The molecule has 2 N–H and O–H groups in total. The van der Waals surface area contributed by atoms with Crippen molar-refractivity contribution in [3.8, 4) is 5.75 Å². The van der Waals surface area contributed by atoms with E-state index in [9.17, 15) is 19.6 Å². The number of hydrogen-bond acceptors (Lipinski definition) is 5. The summed E-state index contributed by atoms with van der Waals surface area (Å²) in [4.78, 5) is 10.1. The van der Waals surface area contributed by atoms with Crippen LogP contribution in [0.2, 0.25) is 0 Å². The smallest absolute Gasteiger partial charge is 0.313 e. The highest BCUT2D eigenvalue weighted by Crippen LogP contribution is 2.33. The average molecular weight is 298 g/mol. The van der Waals surface area contributed by atoms with Gasteiger partial charge in [0.25, 0.3) is 0 Å². The minimum Gasteiger partial charge on any atom is -0.490 e. The van der Waals surface area contributed by atoms with Crippen LogP contribution >= 0.6 is 0 Å². The quantitative estimate of drug-likeness (QED) is 0.645. The van der Waals surface area contributed by atoms with Gasteiger partial charge in [0.05, 0.1) is 29.9 Å². The van der Waals surface area contributed by atoms with Crippen molar-refractivity contribution in [1.29, 1.82) is 0 Å². The second kappa shape index (κ2) is 6.71. The SMILES string of the molecule is COc1cc(NCC2CCCC(O)C2)c(F)cc1[N+](=O)[O-]. The molecule has 116 valence electrons. The Labute approximate surface area is 122 Å². The first kappa shape index (κ1) is 15.5. The molecule has 6 nitrogen and oxygen atoms in total. The van der Waals surface area contributed by atoms with Crippen LogP contribution in [0.1, 0.15) is 25.7 Å². The summed E-state index contributed by atoms with van der Waals surface area (Å²) in [6.45, 7) is 0.523. The highest BCUT2D eigenvalue weighted by atomic mass is 19.1. The monoisotopic (exact) mass is 298 g/mol. The maximum atomic E-state index is 13.9. The molecule has 0 heterocycles. The van der Waals surface area contributed by atoms with E-state index in [0.717, 1.165) is 25.3 Å². The predicted molar refractivity (Wildman–Crippen MR) is 76.1 cm³/mol. The van der Waals surface area contributed by atoms with Gasteiger partial charge in [0.15, 0.2) is 11.6 Å². The van der Waals surface area contributed by atoms with Crippen molar-refractivity contribution in [2.24, 2.45) is 5.92 Å². The van der Waals surface area contributed by atoms with Crippen LogP contribution in [0.5, 0.6) is 5.75 Å². The van der Waals surface area contributed by atoms with Crippen LogP contribution in [0, 0.1) is 21.8 Å². The normalized spacial score (nSPS) is 21.9. The molecular formula is C14H19FN2O4. The summed E-state index contributed by atoms with van der Waals surface area (Å²) in [6.07, 6.45) is 3.16. The maximum absolute atomic E-state index is 13.9. The molecule has 7 heteroatoms. The third kappa shape index (κ3) is 3.81. The molecule has 2 unspecified atom stereocenters. The molecule has 1 aromatic carbocycles. The summed E-state index contributed by atoms with van der Waals surface area (Å²) in [5.41, 5.74) is -0.217. The average Bonchev–Trinajstić information content (AvgIpc) is 2.45. The van der Waals surface area contributed by atoms with Crippen molar-refractivity contribution in [3.63, 3.8) is 0 Å². The molecule has 1 saturated carbocycles. The van der Waals surface area contributed by atoms with Crippen molar-refractivity contribution in [2.75, 3.05) is 19.0 Å². The highest BCUT2D eigenvalue weighted by Gasteiger charge is 2.22. The van der Waals surface area contributed by atoms with Crippen LogP contribution in [-0.4, -0.2) is 29.8 Å². The van der Waals surface area contributed by atoms with Crippen LogP contribution in [0.25, 0.3) is 0 Å². The number of nitro benzene ring substituents is 1. The lowest BCUT2D eigenvalue weighted by Gasteiger charge is -2.26. The topological polar surface area (TPSA) is 84.6 Å². The third-order valence-corrected chi connectivity index (χ3v) is 3.80. The lowest BCUT2D eigenvalue weighted by molar-refractivity contribution is -0.385. The van der Waals surface area contributed by atoms with E-state index in [4.69, 9.17) is 4.74 Å². The Kier molecular flexibility index (Phi) is 4.95. The Morgan fingerprint density at radius 2 is 2.29 bits per heavy atom. The van der Waals surface area contributed by atoms with Crippen molar-refractivity contribution < 1.29 is 19.2 Å². The fourth-order valence-corrected chi connectivity index (χ4v) is 2.69. The number of rotatable bonds is 5. The summed E-state index contributed by atoms with van der Waals surface area (Å²) < 4.78 is 18.8. The molecule has 2 atom stereocenters. The first-order valence-corrected chi connectivity index (χ1v) is 6.95. The number of nitrogens with zero attached hydrogens (tertiary/aromatic N) is 1. The number of anilines is 1. The minimum absolute atomic E-state index is 0.0209. The molecule has 1 aliphatic carbocycles. The number of aliphatic hydroxyl groups is 1. The van der Waals surface area contributed by atoms with Gasteiger partial charge in [0.2, 0.25) is 0 Å². The van der Waals surface area contributed by atoms with Gasteiger partial charge in [-0.1, -0.05) is 6.42 Å². The molecular weight excluding hydrogens is 279 g/mol. The molecule has 21 heavy (non-hydrogen) atoms. The van der Waals surface area contributed by atoms with E-state index in [1.807, 2.05) is 0 Å². The molecule has 0 amide bonds. The lowest BCUT2D eigenvalue weighted by atomic mass is 9.87. The Balaban J connectivity index is 2.07. The molecule has 1 fully saturated rings. The van der Waals surface area contributed by atoms with E-state index in [-0.39, 0.29) is 23.5 Å². The largest absolute Gasteiger partial charge is 0.490 e. The van der Waals surface area contributed by atoms with E-state index in [0.29, 0.717) is 13.0 Å². The second-order valence-electron chi connectivity index (χ2n) is 5.33. The van der Waals surface area contributed by atoms with Crippen LogP contribution in [0.15, 0.2) is 12.1 Å². The van der Waals surface area contributed by atoms with Gasteiger partial charge in [-0.3, -0.25) is 10.1 Å². The van der Waals surface area contributed by atoms with Gasteiger partial charge in [-0.2, -0.15) is 0 Å². The predicted octanol–water partition coefficient (Wildman–Crippen LogP) is 2.71. The van der Waals surface area contributed by atoms with E-state index in [1.165, 1.54) is 13.2 Å². The number of halogens is 1. The van der Waals surface area contributed by atoms with Crippen LogP contribution in [0.3, 0.4) is 0 Å². The zero-order valence-electron chi connectivity index (χ0n) is 11.8. The molecule has 1 aromatic rings. The molecule has 2 rings (SSSR count). The molecule has 1 aliphatic rings. The maximum Gasteiger partial charge on any atom is 0.313 e. The van der Waals surface area contributed by atoms with Gasteiger partial charge in [-0.15, -0.1) is 0 Å². The van der Waals surface area contributed by atoms with Crippen molar-refractivity contribution >= 4 is 11.4 Å². The Hall–Kier alpha value is -1.89. The number of aliphatic hydroxyl groups excluding tert-OH is 1. The summed E-state index contributed by atoms with van der Waals surface area (Å²) in [5, 5.41) is 23.4. The zero-order valence-corrected chi connectivity index (χ0v) is 11.8. The first-order valence-electron chi connectivity index (χ1n) is 6.95. The number of methoxy groups -OCH3 is 1. The molecule has 0 saturated heterocycles. The Morgan fingerprint density at radius 3 is 2.90 bits per heavy atom. The highest BCUT2D eigenvalue weighted by molar-refractivity contribution is 5.59. The number of nitro groups is 1. The minimum atomic E-state index is -0.682. The van der Waals surface area contributed by atoms with Crippen molar-refractivity contribution in [2.45, 2.75) is 31.8 Å². The zero-order chi connectivity index (χ0) is 15.4. The molecule has 0 spiro atoms. The standard InChI is InChI=1S/C14H19FN2O4/c1-21-14-7-12(11(15)6-13(14)17(19)20)16-8-9-3-2-4-10(18)5-9/h6-7,9-10,16,18H,2-5,8H2,1H3. The first-order chi connectivity index (χ1) is 10.0. The molecule has 0 radical (unpaired) electrons. The lowest BCUT2D eigenvalue weighted by Crippen LogP contribution is -2.25. The van der Waals surface area contributed by atoms with Gasteiger partial charge in [-0.25, -0.2) is 4.39 Å². The second-order valence-corrected chi connectivity index (χ2v) is 5.33. The molecule has 0 aromatic heterocycles. The van der Waals surface area contributed by atoms with E-state index in [2.05, 4.69) is 5.32 Å². The van der Waals surface area contributed by atoms with Gasteiger partial charge in [0.1, 0.15) is 0 Å². The van der Waals surface area contributed by atoms with E-state index >= 15 is 0 Å². The summed E-state index contributed by atoms with van der Waals surface area (Å²) in [7, 11) is 1.31. The Morgan fingerprint density at radius 1 is 1.52 bits per heavy atom. The molecule has 0 aliphatic heterocycles. The molecule has 0 bridgehead atoms. The van der Waals surface area contributed by atoms with Gasteiger partial charge in [-0.05, 0) is 25.2 Å². The fraction of sp³-hybridized carbons (Fsp3) is 0.571.